The molecule has 2 fully saturated rings. The van der Waals surface area contributed by atoms with E-state index in [9.17, 15) is 4.79 Å². The van der Waals surface area contributed by atoms with E-state index in [1.807, 2.05) is 13.0 Å². The molecule has 5 heteroatoms. The van der Waals surface area contributed by atoms with Crippen molar-refractivity contribution in [3.63, 3.8) is 0 Å². The van der Waals surface area contributed by atoms with Crippen LogP contribution in [0.2, 0.25) is 0 Å². The molecule has 0 bridgehead atoms. The van der Waals surface area contributed by atoms with Crippen molar-refractivity contribution in [2.75, 3.05) is 6.54 Å². The largest absolute Gasteiger partial charge is 0.456 e. The van der Waals surface area contributed by atoms with Gasteiger partial charge in [0.25, 0.3) is 0 Å². The molecule has 2 heterocycles. The van der Waals surface area contributed by atoms with Crippen molar-refractivity contribution in [1.82, 2.24) is 10.3 Å². The van der Waals surface area contributed by atoms with Crippen LogP contribution in [0.3, 0.4) is 0 Å². The normalized spacial score (nSPS) is 23.8. The molecule has 1 saturated carbocycles. The number of rotatable bonds is 4. The SMILES string of the molecule is Cc1oc(C(=O)NN)cc1CN1CCCC1C1CCCC1. The maximum Gasteiger partial charge on any atom is 0.300 e. The monoisotopic (exact) mass is 291 g/mol. The molecule has 1 aliphatic heterocycles. The first-order valence-electron chi connectivity index (χ1n) is 8.03. The summed E-state index contributed by atoms with van der Waals surface area (Å²) in [5.41, 5.74) is 3.23. The molecule has 1 amide bonds. The molecule has 5 nitrogen and oxygen atoms in total. The summed E-state index contributed by atoms with van der Waals surface area (Å²) in [6, 6.07) is 2.55. The van der Waals surface area contributed by atoms with E-state index in [1.54, 1.807) is 0 Å². The third-order valence-corrected chi connectivity index (χ3v) is 5.11. The predicted octanol–water partition coefficient (Wildman–Crippen LogP) is 2.35. The number of furan rings is 1. The van der Waals surface area contributed by atoms with Gasteiger partial charge in [-0.2, -0.15) is 0 Å². The summed E-state index contributed by atoms with van der Waals surface area (Å²) in [6.45, 7) is 3.96. The maximum atomic E-state index is 11.5. The number of hydrogen-bond acceptors (Lipinski definition) is 4. The van der Waals surface area contributed by atoms with Crippen LogP contribution in [0.1, 0.15) is 60.4 Å². The van der Waals surface area contributed by atoms with Gasteiger partial charge in [0, 0.05) is 18.2 Å². The number of nitrogens with one attached hydrogen (secondary N) is 1. The standard InChI is InChI=1S/C16H25N3O2/c1-11-13(9-15(21-11)16(20)18-17)10-19-8-4-7-14(19)12-5-2-3-6-12/h9,12,14H,2-8,10,17H2,1H3,(H,18,20). The van der Waals surface area contributed by atoms with Crippen molar-refractivity contribution < 1.29 is 9.21 Å². The minimum Gasteiger partial charge on any atom is -0.456 e. The van der Waals surface area contributed by atoms with E-state index < -0.39 is 0 Å². The summed E-state index contributed by atoms with van der Waals surface area (Å²) >= 11 is 0. The Morgan fingerprint density at radius 2 is 2.14 bits per heavy atom. The molecule has 116 valence electrons. The molecule has 1 aromatic rings. The van der Waals surface area contributed by atoms with E-state index in [4.69, 9.17) is 10.3 Å². The number of nitrogen functional groups attached to an aromatic ring is 1. The zero-order valence-corrected chi connectivity index (χ0v) is 12.7. The van der Waals surface area contributed by atoms with Crippen molar-refractivity contribution in [3.05, 3.63) is 23.2 Å². The number of hydrogen-bond donors (Lipinski definition) is 2. The molecule has 3 rings (SSSR count). The van der Waals surface area contributed by atoms with Gasteiger partial charge in [-0.15, -0.1) is 0 Å². The van der Waals surface area contributed by atoms with Gasteiger partial charge in [0.2, 0.25) is 0 Å². The molecular weight excluding hydrogens is 266 g/mol. The average molecular weight is 291 g/mol. The second-order valence-corrected chi connectivity index (χ2v) is 6.39. The second-order valence-electron chi connectivity index (χ2n) is 6.39. The molecule has 0 aromatic carbocycles. The van der Waals surface area contributed by atoms with Gasteiger partial charge < -0.3 is 4.42 Å². The van der Waals surface area contributed by atoms with Gasteiger partial charge >= 0.3 is 5.91 Å². The Bertz CT molecular complexity index is 506. The topological polar surface area (TPSA) is 71.5 Å². The van der Waals surface area contributed by atoms with Crippen LogP contribution in [-0.2, 0) is 6.54 Å². The van der Waals surface area contributed by atoms with Gasteiger partial charge in [0.15, 0.2) is 5.76 Å². The number of hydrazine groups is 1. The molecule has 0 radical (unpaired) electrons. The number of aryl methyl sites for hydroxylation is 1. The lowest BCUT2D eigenvalue weighted by molar-refractivity contribution is 0.0924. The van der Waals surface area contributed by atoms with Gasteiger partial charge in [-0.3, -0.25) is 15.1 Å². The average Bonchev–Trinajstić information content (AvgIpc) is 3.19. The Labute approximate surface area is 125 Å². The summed E-state index contributed by atoms with van der Waals surface area (Å²) in [7, 11) is 0. The maximum absolute atomic E-state index is 11.5. The quantitative estimate of drug-likeness (QED) is 0.507. The molecule has 3 N–H and O–H groups in total. The van der Waals surface area contributed by atoms with Gasteiger partial charge in [0.1, 0.15) is 5.76 Å². The van der Waals surface area contributed by atoms with Crippen molar-refractivity contribution in [2.24, 2.45) is 11.8 Å². The zero-order valence-electron chi connectivity index (χ0n) is 12.7. The van der Waals surface area contributed by atoms with Gasteiger partial charge in [-0.1, -0.05) is 12.8 Å². The Balaban J connectivity index is 1.70. The first kappa shape index (κ1) is 14.6. The number of carbonyl (C=O) groups is 1. The summed E-state index contributed by atoms with van der Waals surface area (Å²) in [5, 5.41) is 0. The minimum absolute atomic E-state index is 0.307. The minimum atomic E-state index is -0.363. The summed E-state index contributed by atoms with van der Waals surface area (Å²) < 4.78 is 5.52. The Kier molecular flexibility index (Phi) is 4.31. The number of amides is 1. The highest BCUT2D eigenvalue weighted by molar-refractivity contribution is 5.91. The number of likely N-dealkylation sites (tertiary alicyclic amines) is 1. The van der Waals surface area contributed by atoms with E-state index in [1.165, 1.54) is 38.5 Å². The lowest BCUT2D eigenvalue weighted by atomic mass is 9.96. The highest BCUT2D eigenvalue weighted by atomic mass is 16.4. The van der Waals surface area contributed by atoms with Crippen LogP contribution in [0, 0.1) is 12.8 Å². The fraction of sp³-hybridized carbons (Fsp3) is 0.688. The van der Waals surface area contributed by atoms with Crippen LogP contribution in [0.15, 0.2) is 10.5 Å². The Morgan fingerprint density at radius 1 is 1.38 bits per heavy atom. The number of carbonyl (C=O) groups excluding carboxylic acids is 1. The molecular formula is C16H25N3O2. The van der Waals surface area contributed by atoms with Crippen LogP contribution < -0.4 is 11.3 Å². The van der Waals surface area contributed by atoms with Crippen LogP contribution in [0.5, 0.6) is 0 Å². The first-order chi connectivity index (χ1) is 10.2. The van der Waals surface area contributed by atoms with Gasteiger partial charge in [-0.05, 0) is 51.1 Å². The van der Waals surface area contributed by atoms with Gasteiger partial charge in [0.05, 0.1) is 0 Å². The molecule has 1 unspecified atom stereocenters. The van der Waals surface area contributed by atoms with E-state index in [-0.39, 0.29) is 5.91 Å². The van der Waals surface area contributed by atoms with Crippen molar-refractivity contribution in [3.8, 4) is 0 Å². The molecule has 1 aromatic heterocycles. The predicted molar refractivity (Wildman–Crippen MR) is 80.5 cm³/mol. The molecule has 1 aliphatic carbocycles. The van der Waals surface area contributed by atoms with Crippen LogP contribution in [-0.4, -0.2) is 23.4 Å². The molecule has 1 saturated heterocycles. The molecule has 0 spiro atoms. The number of nitrogens with two attached hydrogens (primary N) is 1. The summed E-state index contributed by atoms with van der Waals surface area (Å²) in [5.74, 6) is 6.80. The highest BCUT2D eigenvalue weighted by Crippen LogP contribution is 2.36. The molecule has 1 atom stereocenters. The van der Waals surface area contributed by atoms with Gasteiger partial charge in [-0.25, -0.2) is 5.84 Å². The summed E-state index contributed by atoms with van der Waals surface area (Å²) in [4.78, 5) is 14.1. The van der Waals surface area contributed by atoms with Crippen LogP contribution in [0.25, 0.3) is 0 Å². The molecule has 21 heavy (non-hydrogen) atoms. The third-order valence-electron chi connectivity index (χ3n) is 5.11. The zero-order chi connectivity index (χ0) is 14.8. The lowest BCUT2D eigenvalue weighted by Gasteiger charge is -2.29. The van der Waals surface area contributed by atoms with Crippen LogP contribution >= 0.6 is 0 Å². The third kappa shape index (κ3) is 2.99. The molecule has 2 aliphatic rings. The fourth-order valence-electron chi connectivity index (χ4n) is 4.00. The smallest absolute Gasteiger partial charge is 0.300 e. The van der Waals surface area contributed by atoms with E-state index in [0.717, 1.165) is 30.3 Å². The van der Waals surface area contributed by atoms with E-state index >= 15 is 0 Å². The second kappa shape index (κ2) is 6.20. The highest BCUT2D eigenvalue weighted by Gasteiger charge is 2.33. The van der Waals surface area contributed by atoms with E-state index in [2.05, 4.69) is 10.3 Å². The van der Waals surface area contributed by atoms with Crippen molar-refractivity contribution in [1.29, 1.82) is 0 Å². The van der Waals surface area contributed by atoms with Crippen molar-refractivity contribution >= 4 is 5.91 Å². The Morgan fingerprint density at radius 3 is 2.86 bits per heavy atom. The lowest BCUT2D eigenvalue weighted by Crippen LogP contribution is -2.34. The number of nitrogens with zero attached hydrogens (tertiary/aromatic N) is 1. The first-order valence-corrected chi connectivity index (χ1v) is 8.03. The Hall–Kier alpha value is -1.33. The summed E-state index contributed by atoms with van der Waals surface area (Å²) in [6.07, 6.45) is 8.14. The van der Waals surface area contributed by atoms with Crippen molar-refractivity contribution in [2.45, 2.75) is 58.0 Å². The fourth-order valence-corrected chi connectivity index (χ4v) is 4.00. The van der Waals surface area contributed by atoms with Crippen LogP contribution in [0.4, 0.5) is 0 Å². The van der Waals surface area contributed by atoms with E-state index in [0.29, 0.717) is 11.8 Å².